The van der Waals surface area contributed by atoms with Crippen LogP contribution in [0.15, 0.2) is 0 Å². The molecular formula is C13H26N2O. The average molecular weight is 226 g/mol. The maximum Gasteiger partial charge on any atom is 0.0768 e. The van der Waals surface area contributed by atoms with Gasteiger partial charge >= 0.3 is 0 Å². The first-order valence-corrected chi connectivity index (χ1v) is 6.68. The van der Waals surface area contributed by atoms with Crippen molar-refractivity contribution in [1.82, 2.24) is 10.2 Å². The molecule has 0 bridgehead atoms. The molecule has 2 rings (SSSR count). The minimum absolute atomic E-state index is 0.322. The second kappa shape index (κ2) is 4.63. The third-order valence-electron chi connectivity index (χ3n) is 4.56. The fourth-order valence-electron chi connectivity index (χ4n) is 2.95. The van der Waals surface area contributed by atoms with Crippen LogP contribution in [0.2, 0.25) is 0 Å². The van der Waals surface area contributed by atoms with E-state index in [0.29, 0.717) is 12.0 Å². The molecule has 16 heavy (non-hydrogen) atoms. The van der Waals surface area contributed by atoms with E-state index >= 15 is 0 Å². The van der Waals surface area contributed by atoms with E-state index in [4.69, 9.17) is 0 Å². The number of hydrogen-bond donors (Lipinski definition) is 2. The van der Waals surface area contributed by atoms with Gasteiger partial charge in [-0.1, -0.05) is 13.8 Å². The highest BCUT2D eigenvalue weighted by atomic mass is 16.3. The summed E-state index contributed by atoms with van der Waals surface area (Å²) in [6, 6.07) is 0.666. The first kappa shape index (κ1) is 12.3. The molecule has 0 radical (unpaired) electrons. The average Bonchev–Trinajstić information content (AvgIpc) is 2.65. The zero-order valence-corrected chi connectivity index (χ0v) is 10.9. The number of nitrogens with one attached hydrogen (secondary N) is 1. The number of hydrogen-bond acceptors (Lipinski definition) is 3. The van der Waals surface area contributed by atoms with E-state index in [9.17, 15) is 5.11 Å². The van der Waals surface area contributed by atoms with Gasteiger partial charge in [0.25, 0.3) is 0 Å². The standard InChI is InChI=1S/C13H26N2O/c1-10(2)13(3,16)9-15-6-4-5-11-7-14-8-12(11)15/h10-12,14,16H,4-9H2,1-3H3. The molecule has 0 aliphatic carbocycles. The summed E-state index contributed by atoms with van der Waals surface area (Å²) < 4.78 is 0. The van der Waals surface area contributed by atoms with Crippen LogP contribution in [0.1, 0.15) is 33.6 Å². The molecule has 2 heterocycles. The second-order valence-electron chi connectivity index (χ2n) is 6.11. The third kappa shape index (κ3) is 2.41. The molecule has 2 saturated heterocycles. The normalized spacial score (nSPS) is 35.1. The van der Waals surface area contributed by atoms with Crippen LogP contribution in [-0.4, -0.2) is 47.8 Å². The van der Waals surface area contributed by atoms with Crippen LogP contribution in [-0.2, 0) is 0 Å². The Bertz CT molecular complexity index is 240. The van der Waals surface area contributed by atoms with Crippen LogP contribution in [0.4, 0.5) is 0 Å². The summed E-state index contributed by atoms with van der Waals surface area (Å²) >= 11 is 0. The first-order chi connectivity index (χ1) is 7.50. The molecule has 2 fully saturated rings. The van der Waals surface area contributed by atoms with Crippen LogP contribution >= 0.6 is 0 Å². The van der Waals surface area contributed by atoms with Crippen molar-refractivity contribution in [2.24, 2.45) is 11.8 Å². The van der Waals surface area contributed by atoms with Gasteiger partial charge in [0.05, 0.1) is 5.60 Å². The highest BCUT2D eigenvalue weighted by molar-refractivity contribution is 4.94. The molecule has 0 amide bonds. The monoisotopic (exact) mass is 226 g/mol. The molecule has 3 nitrogen and oxygen atoms in total. The minimum atomic E-state index is -0.551. The van der Waals surface area contributed by atoms with Gasteiger partial charge in [0.1, 0.15) is 0 Å². The highest BCUT2D eigenvalue weighted by Crippen LogP contribution is 2.29. The molecule has 2 aliphatic rings. The third-order valence-corrected chi connectivity index (χ3v) is 4.56. The molecule has 3 atom stereocenters. The van der Waals surface area contributed by atoms with Crippen molar-refractivity contribution >= 4 is 0 Å². The van der Waals surface area contributed by atoms with Crippen molar-refractivity contribution in [3.63, 3.8) is 0 Å². The van der Waals surface area contributed by atoms with Crippen LogP contribution < -0.4 is 5.32 Å². The fourth-order valence-corrected chi connectivity index (χ4v) is 2.95. The summed E-state index contributed by atoms with van der Waals surface area (Å²) in [6.07, 6.45) is 2.65. The highest BCUT2D eigenvalue weighted by Gasteiger charge is 2.38. The largest absolute Gasteiger partial charge is 0.389 e. The van der Waals surface area contributed by atoms with Crippen LogP contribution in [0, 0.1) is 11.8 Å². The molecule has 3 unspecified atom stereocenters. The Morgan fingerprint density at radius 3 is 2.88 bits per heavy atom. The predicted molar refractivity (Wildman–Crippen MR) is 66.4 cm³/mol. The smallest absolute Gasteiger partial charge is 0.0768 e. The van der Waals surface area contributed by atoms with Crippen molar-refractivity contribution in [2.75, 3.05) is 26.2 Å². The van der Waals surface area contributed by atoms with Gasteiger partial charge in [-0.15, -0.1) is 0 Å². The molecule has 94 valence electrons. The molecular weight excluding hydrogens is 200 g/mol. The SMILES string of the molecule is CC(C)C(C)(O)CN1CCCC2CNCC21. The van der Waals surface area contributed by atoms with Gasteiger partial charge < -0.3 is 10.4 Å². The molecule has 0 spiro atoms. The Morgan fingerprint density at radius 2 is 2.19 bits per heavy atom. The van der Waals surface area contributed by atoms with E-state index in [2.05, 4.69) is 24.1 Å². The van der Waals surface area contributed by atoms with Crippen LogP contribution in [0.5, 0.6) is 0 Å². The van der Waals surface area contributed by atoms with Crippen molar-refractivity contribution in [3.8, 4) is 0 Å². The van der Waals surface area contributed by atoms with E-state index in [-0.39, 0.29) is 0 Å². The molecule has 0 aromatic heterocycles. The van der Waals surface area contributed by atoms with Gasteiger partial charge in [-0.2, -0.15) is 0 Å². The molecule has 3 heteroatoms. The molecule has 0 aromatic carbocycles. The summed E-state index contributed by atoms with van der Waals surface area (Å²) in [5.41, 5.74) is -0.551. The minimum Gasteiger partial charge on any atom is -0.389 e. The predicted octanol–water partition coefficient (Wildman–Crippen LogP) is 1.08. The summed E-state index contributed by atoms with van der Waals surface area (Å²) in [5.74, 6) is 1.14. The van der Waals surface area contributed by atoms with Crippen LogP contribution in [0.25, 0.3) is 0 Å². The molecule has 2 N–H and O–H groups in total. The van der Waals surface area contributed by atoms with Gasteiger partial charge in [0.2, 0.25) is 0 Å². The number of likely N-dealkylation sites (tertiary alicyclic amines) is 1. The van der Waals surface area contributed by atoms with E-state index in [1.165, 1.54) is 19.4 Å². The molecule has 2 aliphatic heterocycles. The van der Waals surface area contributed by atoms with Crippen molar-refractivity contribution < 1.29 is 5.11 Å². The summed E-state index contributed by atoms with van der Waals surface area (Å²) in [5, 5.41) is 13.9. The number of piperidine rings is 1. The quantitative estimate of drug-likeness (QED) is 0.756. The summed E-state index contributed by atoms with van der Waals surface area (Å²) in [4.78, 5) is 2.51. The summed E-state index contributed by atoms with van der Waals surface area (Å²) in [6.45, 7) is 10.5. The lowest BCUT2D eigenvalue weighted by atomic mass is 9.87. The number of β-amino-alcohol motifs (C(OH)–C–C–N with tert-alkyl or cyclic N) is 1. The number of nitrogens with zero attached hydrogens (tertiary/aromatic N) is 1. The van der Waals surface area contributed by atoms with Gasteiger partial charge in [-0.25, -0.2) is 0 Å². The van der Waals surface area contributed by atoms with E-state index in [1.807, 2.05) is 6.92 Å². The Kier molecular flexibility index (Phi) is 3.57. The number of aliphatic hydroxyl groups is 1. The Hall–Kier alpha value is -0.120. The Morgan fingerprint density at radius 1 is 1.44 bits per heavy atom. The van der Waals surface area contributed by atoms with Gasteiger partial charge in [0, 0.05) is 19.1 Å². The zero-order chi connectivity index (χ0) is 11.8. The van der Waals surface area contributed by atoms with Crippen molar-refractivity contribution in [1.29, 1.82) is 0 Å². The summed E-state index contributed by atoms with van der Waals surface area (Å²) in [7, 11) is 0. The number of fused-ring (bicyclic) bond motifs is 1. The van der Waals surface area contributed by atoms with Gasteiger partial charge in [-0.05, 0) is 44.7 Å². The van der Waals surface area contributed by atoms with Crippen LogP contribution in [0.3, 0.4) is 0 Å². The fraction of sp³-hybridized carbons (Fsp3) is 1.00. The maximum atomic E-state index is 10.4. The Balaban J connectivity index is 1.98. The van der Waals surface area contributed by atoms with E-state index < -0.39 is 5.60 Å². The topological polar surface area (TPSA) is 35.5 Å². The maximum absolute atomic E-state index is 10.4. The van der Waals surface area contributed by atoms with Gasteiger partial charge in [-0.3, -0.25) is 4.90 Å². The second-order valence-corrected chi connectivity index (χ2v) is 6.11. The molecule has 0 aromatic rings. The lowest BCUT2D eigenvalue weighted by molar-refractivity contribution is -0.0389. The first-order valence-electron chi connectivity index (χ1n) is 6.68. The van der Waals surface area contributed by atoms with Crippen molar-refractivity contribution in [3.05, 3.63) is 0 Å². The van der Waals surface area contributed by atoms with Gasteiger partial charge in [0.15, 0.2) is 0 Å². The number of rotatable bonds is 3. The molecule has 0 saturated carbocycles. The Labute approximate surface area is 99.2 Å². The van der Waals surface area contributed by atoms with E-state index in [1.54, 1.807) is 0 Å². The lowest BCUT2D eigenvalue weighted by Crippen LogP contribution is -2.53. The van der Waals surface area contributed by atoms with E-state index in [0.717, 1.165) is 25.6 Å². The van der Waals surface area contributed by atoms with Crippen molar-refractivity contribution in [2.45, 2.75) is 45.3 Å². The zero-order valence-electron chi connectivity index (χ0n) is 10.9. The lowest BCUT2D eigenvalue weighted by Gasteiger charge is -2.42.